The highest BCUT2D eigenvalue weighted by Gasteiger charge is 2.08. The molecule has 0 aliphatic rings. The number of benzene rings is 1. The van der Waals surface area contributed by atoms with Gasteiger partial charge in [0, 0.05) is 31.0 Å². The van der Waals surface area contributed by atoms with E-state index in [1.165, 1.54) is 0 Å². The van der Waals surface area contributed by atoms with Gasteiger partial charge >= 0.3 is 6.03 Å². The van der Waals surface area contributed by atoms with Gasteiger partial charge in [-0.05, 0) is 30.2 Å². The van der Waals surface area contributed by atoms with Crippen molar-refractivity contribution < 1.29 is 9.53 Å². The summed E-state index contributed by atoms with van der Waals surface area (Å²) in [6.45, 7) is 2.65. The van der Waals surface area contributed by atoms with E-state index in [2.05, 4.69) is 27.5 Å². The van der Waals surface area contributed by atoms with Crippen molar-refractivity contribution >= 4 is 11.7 Å². The van der Waals surface area contributed by atoms with Crippen LogP contribution in [0.2, 0.25) is 0 Å². The Kier molecular flexibility index (Phi) is 5.20. The number of carbonyl (C=O) groups excluding carboxylic acids is 1. The Morgan fingerprint density at radius 2 is 2.14 bits per heavy atom. The third-order valence-corrected chi connectivity index (χ3v) is 3.06. The van der Waals surface area contributed by atoms with Crippen LogP contribution in [0.5, 0.6) is 5.75 Å². The smallest absolute Gasteiger partial charge is 0.319 e. The Labute approximate surface area is 123 Å². The third-order valence-electron chi connectivity index (χ3n) is 3.06. The number of nitrogens with zero attached hydrogens (tertiary/aromatic N) is 1. The van der Waals surface area contributed by atoms with Crippen LogP contribution < -0.4 is 15.4 Å². The van der Waals surface area contributed by atoms with Crippen LogP contribution in [0.4, 0.5) is 10.5 Å². The first-order chi connectivity index (χ1) is 10.2. The number of rotatable bonds is 6. The first kappa shape index (κ1) is 14.9. The molecule has 3 N–H and O–H groups in total. The quantitative estimate of drug-likeness (QED) is 0.763. The van der Waals surface area contributed by atoms with Crippen LogP contribution in [0.1, 0.15) is 12.7 Å². The second-order valence-electron chi connectivity index (χ2n) is 4.91. The van der Waals surface area contributed by atoms with Crippen LogP contribution in [0.3, 0.4) is 0 Å². The van der Waals surface area contributed by atoms with Crippen LogP contribution in [0.25, 0.3) is 0 Å². The number of urea groups is 1. The van der Waals surface area contributed by atoms with Gasteiger partial charge in [-0.1, -0.05) is 6.92 Å². The lowest BCUT2D eigenvalue weighted by molar-refractivity contribution is 0.250. The number of ether oxygens (including phenoxy) is 1. The molecule has 0 spiro atoms. The Bertz CT molecular complexity index is 552. The second-order valence-corrected chi connectivity index (χ2v) is 4.91. The van der Waals surface area contributed by atoms with Crippen molar-refractivity contribution in [2.24, 2.45) is 5.92 Å². The summed E-state index contributed by atoms with van der Waals surface area (Å²) < 4.78 is 5.07. The largest absolute Gasteiger partial charge is 0.497 e. The molecule has 2 amide bonds. The van der Waals surface area contributed by atoms with E-state index in [1.807, 2.05) is 0 Å². The predicted octanol–water partition coefficient (Wildman–Crippen LogP) is 2.42. The number of imidazole rings is 1. The molecule has 2 rings (SSSR count). The molecule has 0 radical (unpaired) electrons. The fraction of sp³-hybridized carbons (Fsp3) is 0.333. The lowest BCUT2D eigenvalue weighted by Gasteiger charge is -2.12. The minimum atomic E-state index is -0.216. The summed E-state index contributed by atoms with van der Waals surface area (Å²) in [5.74, 6) is 1.99. The first-order valence-electron chi connectivity index (χ1n) is 6.84. The zero-order valence-corrected chi connectivity index (χ0v) is 12.2. The minimum absolute atomic E-state index is 0.216. The topological polar surface area (TPSA) is 79.0 Å². The molecule has 0 saturated heterocycles. The molecule has 0 aliphatic heterocycles. The number of H-pyrrole nitrogens is 1. The van der Waals surface area contributed by atoms with E-state index < -0.39 is 0 Å². The van der Waals surface area contributed by atoms with E-state index in [4.69, 9.17) is 4.74 Å². The van der Waals surface area contributed by atoms with Crippen LogP contribution in [-0.2, 0) is 6.42 Å². The normalized spacial score (nSPS) is 11.7. The molecule has 112 valence electrons. The summed E-state index contributed by atoms with van der Waals surface area (Å²) in [6.07, 6.45) is 4.33. The molecular formula is C15H20N4O2. The van der Waals surface area contributed by atoms with Crippen LogP contribution in [0.15, 0.2) is 36.7 Å². The van der Waals surface area contributed by atoms with Gasteiger partial charge in [0.25, 0.3) is 0 Å². The number of carbonyl (C=O) groups is 1. The standard InChI is InChI=1S/C15H20N4O2/c1-11(9-14-16-7-8-17-14)10-18-15(20)19-12-3-5-13(21-2)6-4-12/h3-8,11H,9-10H2,1-2H3,(H,16,17)(H2,18,19,20). The average Bonchev–Trinajstić information content (AvgIpc) is 2.99. The van der Waals surface area contributed by atoms with E-state index in [-0.39, 0.29) is 6.03 Å². The van der Waals surface area contributed by atoms with E-state index in [0.29, 0.717) is 12.5 Å². The Morgan fingerprint density at radius 3 is 2.76 bits per heavy atom. The maximum Gasteiger partial charge on any atom is 0.319 e. The maximum absolute atomic E-state index is 11.8. The molecule has 21 heavy (non-hydrogen) atoms. The second kappa shape index (κ2) is 7.33. The van der Waals surface area contributed by atoms with Crippen LogP contribution in [0, 0.1) is 5.92 Å². The third kappa shape index (κ3) is 4.83. The number of hydrogen-bond acceptors (Lipinski definition) is 3. The lowest BCUT2D eigenvalue weighted by Crippen LogP contribution is -2.33. The molecule has 1 unspecified atom stereocenters. The summed E-state index contributed by atoms with van der Waals surface area (Å²) in [6, 6.07) is 6.98. The van der Waals surface area contributed by atoms with Gasteiger partial charge in [-0.2, -0.15) is 0 Å². The van der Waals surface area contributed by atoms with E-state index >= 15 is 0 Å². The molecular weight excluding hydrogens is 268 g/mol. The number of methoxy groups -OCH3 is 1. The number of aromatic amines is 1. The Morgan fingerprint density at radius 1 is 1.38 bits per heavy atom. The summed E-state index contributed by atoms with van der Waals surface area (Å²) in [5.41, 5.74) is 0.729. The number of anilines is 1. The molecule has 2 aromatic rings. The highest BCUT2D eigenvalue weighted by Crippen LogP contribution is 2.14. The Balaban J connectivity index is 1.73. The van der Waals surface area contributed by atoms with E-state index in [1.54, 1.807) is 43.8 Å². The van der Waals surface area contributed by atoms with Crippen molar-refractivity contribution in [2.45, 2.75) is 13.3 Å². The average molecular weight is 288 g/mol. The van der Waals surface area contributed by atoms with Crippen LogP contribution >= 0.6 is 0 Å². The van der Waals surface area contributed by atoms with Crippen molar-refractivity contribution in [3.05, 3.63) is 42.5 Å². The summed E-state index contributed by atoms with van der Waals surface area (Å²) >= 11 is 0. The molecule has 1 heterocycles. The van der Waals surface area contributed by atoms with Gasteiger partial charge < -0.3 is 20.4 Å². The van der Waals surface area contributed by atoms with E-state index in [0.717, 1.165) is 23.7 Å². The SMILES string of the molecule is COc1ccc(NC(=O)NCC(C)Cc2ncc[nH]2)cc1. The van der Waals surface area contributed by atoms with Gasteiger partial charge in [0.15, 0.2) is 0 Å². The molecule has 0 saturated carbocycles. The van der Waals surface area contributed by atoms with Gasteiger partial charge in [-0.25, -0.2) is 9.78 Å². The zero-order chi connectivity index (χ0) is 15.1. The number of aromatic nitrogens is 2. The summed E-state index contributed by atoms with van der Waals surface area (Å²) in [4.78, 5) is 19.0. The van der Waals surface area contributed by atoms with Crippen molar-refractivity contribution in [2.75, 3.05) is 19.0 Å². The summed E-state index contributed by atoms with van der Waals surface area (Å²) in [7, 11) is 1.61. The predicted molar refractivity (Wildman–Crippen MR) is 81.5 cm³/mol. The molecule has 1 aromatic heterocycles. The minimum Gasteiger partial charge on any atom is -0.497 e. The fourth-order valence-corrected chi connectivity index (χ4v) is 1.93. The highest BCUT2D eigenvalue weighted by atomic mass is 16.5. The van der Waals surface area contributed by atoms with Gasteiger partial charge in [0.05, 0.1) is 7.11 Å². The van der Waals surface area contributed by atoms with Crippen molar-refractivity contribution in [3.8, 4) is 5.75 Å². The molecule has 0 fully saturated rings. The zero-order valence-electron chi connectivity index (χ0n) is 12.2. The summed E-state index contributed by atoms with van der Waals surface area (Å²) in [5, 5.41) is 5.63. The van der Waals surface area contributed by atoms with Gasteiger partial charge in [-0.15, -0.1) is 0 Å². The fourth-order valence-electron chi connectivity index (χ4n) is 1.93. The van der Waals surface area contributed by atoms with Gasteiger partial charge in [0.2, 0.25) is 0 Å². The number of hydrogen-bond donors (Lipinski definition) is 3. The molecule has 0 bridgehead atoms. The van der Waals surface area contributed by atoms with Crippen molar-refractivity contribution in [1.29, 1.82) is 0 Å². The monoisotopic (exact) mass is 288 g/mol. The van der Waals surface area contributed by atoms with E-state index in [9.17, 15) is 4.79 Å². The molecule has 6 nitrogen and oxygen atoms in total. The van der Waals surface area contributed by atoms with Gasteiger partial charge in [0.1, 0.15) is 11.6 Å². The van der Waals surface area contributed by atoms with Crippen LogP contribution in [-0.4, -0.2) is 29.7 Å². The molecule has 6 heteroatoms. The molecule has 0 aliphatic carbocycles. The Hall–Kier alpha value is -2.50. The molecule has 1 atom stereocenters. The molecule has 1 aromatic carbocycles. The number of nitrogens with one attached hydrogen (secondary N) is 3. The van der Waals surface area contributed by atoms with Crippen molar-refractivity contribution in [3.63, 3.8) is 0 Å². The highest BCUT2D eigenvalue weighted by molar-refractivity contribution is 5.89. The first-order valence-corrected chi connectivity index (χ1v) is 6.84. The maximum atomic E-state index is 11.8. The van der Waals surface area contributed by atoms with Gasteiger partial charge in [-0.3, -0.25) is 0 Å². The lowest BCUT2D eigenvalue weighted by atomic mass is 10.1. The van der Waals surface area contributed by atoms with Crippen molar-refractivity contribution in [1.82, 2.24) is 15.3 Å². The number of amides is 2.